The van der Waals surface area contributed by atoms with Crippen LogP contribution in [0.3, 0.4) is 0 Å². The molecule has 2 nitrogen and oxygen atoms in total. The van der Waals surface area contributed by atoms with Crippen molar-refractivity contribution in [1.29, 1.82) is 0 Å². The van der Waals surface area contributed by atoms with E-state index < -0.39 is 0 Å². The topological polar surface area (TPSA) is 66.5 Å². The third-order valence-corrected chi connectivity index (χ3v) is 0. The van der Waals surface area contributed by atoms with E-state index in [1.807, 2.05) is 0 Å². The molecule has 1 radical (unpaired) electrons. The van der Waals surface area contributed by atoms with Crippen molar-refractivity contribution >= 4 is 0 Å². The van der Waals surface area contributed by atoms with Gasteiger partial charge >= 0.3 is 0 Å². The molecular weight excluding hydrogens is 101 g/mol. The smallest absolute Gasteiger partial charge is 0 e. The Morgan fingerprint density at radius 2 is 1.00 bits per heavy atom. The normalized spacial score (nSPS) is 0. The van der Waals surface area contributed by atoms with Gasteiger partial charge in [-0.25, -0.2) is 0 Å². The summed E-state index contributed by atoms with van der Waals surface area (Å²) in [5, 5.41) is 0. The molecule has 0 aliphatic carbocycles. The van der Waals surface area contributed by atoms with E-state index in [2.05, 4.69) is 0 Å². The fourth-order valence-corrected chi connectivity index (χ4v) is 0. The standard InChI is InChI=1S/CH4.Co.H3N.H2O/h1H4;;1H3;1H2. The molecule has 0 saturated heterocycles. The minimum Gasteiger partial charge on any atom is -0.412 e. The fourth-order valence-electron chi connectivity index (χ4n) is 0. The van der Waals surface area contributed by atoms with E-state index >= 15 is 0 Å². The molecule has 0 aliphatic heterocycles. The van der Waals surface area contributed by atoms with Crippen LogP contribution in [0.2, 0.25) is 0 Å². The monoisotopic (exact) mass is 110 g/mol. The molecule has 0 unspecified atom stereocenters. The van der Waals surface area contributed by atoms with Crippen LogP contribution in [-0.4, -0.2) is 5.48 Å². The van der Waals surface area contributed by atoms with Crippen molar-refractivity contribution in [3.05, 3.63) is 0 Å². The van der Waals surface area contributed by atoms with Gasteiger partial charge in [-0.1, -0.05) is 7.43 Å². The van der Waals surface area contributed by atoms with Crippen LogP contribution in [0, 0.1) is 0 Å². The first-order valence-corrected chi connectivity index (χ1v) is 0. The van der Waals surface area contributed by atoms with Gasteiger partial charge in [-0.05, 0) is 0 Å². The van der Waals surface area contributed by atoms with Gasteiger partial charge in [0.1, 0.15) is 0 Å². The van der Waals surface area contributed by atoms with E-state index in [4.69, 9.17) is 0 Å². The van der Waals surface area contributed by atoms with E-state index in [0.29, 0.717) is 0 Å². The first-order valence-electron chi connectivity index (χ1n) is 0. The van der Waals surface area contributed by atoms with Crippen molar-refractivity contribution in [1.82, 2.24) is 6.15 Å². The van der Waals surface area contributed by atoms with Gasteiger partial charge in [0.05, 0.1) is 0 Å². The van der Waals surface area contributed by atoms with Gasteiger partial charge < -0.3 is 11.6 Å². The fraction of sp³-hybridized carbons (Fsp3) is 1.00. The van der Waals surface area contributed by atoms with Crippen LogP contribution in [0.25, 0.3) is 0 Å². The van der Waals surface area contributed by atoms with Gasteiger partial charge in [0.25, 0.3) is 0 Å². The molecule has 5 N–H and O–H groups in total. The summed E-state index contributed by atoms with van der Waals surface area (Å²) in [6.45, 7) is 0. The van der Waals surface area contributed by atoms with Gasteiger partial charge in [-0.2, -0.15) is 0 Å². The molecule has 0 atom stereocenters. The molecule has 33 valence electrons. The minimum absolute atomic E-state index is 0. The van der Waals surface area contributed by atoms with Crippen LogP contribution in [0.5, 0.6) is 0 Å². The summed E-state index contributed by atoms with van der Waals surface area (Å²) < 4.78 is 0. The quantitative estimate of drug-likeness (QED) is 0.467. The maximum Gasteiger partial charge on any atom is 0 e. The summed E-state index contributed by atoms with van der Waals surface area (Å²) in [7, 11) is 0. The van der Waals surface area contributed by atoms with Crippen LogP contribution < -0.4 is 6.15 Å². The molecule has 3 heteroatoms. The van der Waals surface area contributed by atoms with Crippen LogP contribution in [0.15, 0.2) is 0 Å². The van der Waals surface area contributed by atoms with E-state index in [9.17, 15) is 0 Å². The molecule has 0 aliphatic rings. The Balaban J connectivity index is 0. The van der Waals surface area contributed by atoms with Crippen molar-refractivity contribution < 1.29 is 22.3 Å². The molecule has 4 heavy (non-hydrogen) atoms. The van der Waals surface area contributed by atoms with Crippen LogP contribution in [-0.2, 0) is 16.8 Å². The molecule has 0 saturated carbocycles. The van der Waals surface area contributed by atoms with Crippen molar-refractivity contribution in [2.45, 2.75) is 7.43 Å². The van der Waals surface area contributed by atoms with E-state index in [1.54, 1.807) is 0 Å². The third kappa shape index (κ3) is 27.1. The predicted molar refractivity (Wildman–Crippen MR) is 15.4 cm³/mol. The summed E-state index contributed by atoms with van der Waals surface area (Å²) in [6.07, 6.45) is 0. The molecule has 0 fully saturated rings. The maximum absolute atomic E-state index is 0. The van der Waals surface area contributed by atoms with Gasteiger partial charge in [-0.3, -0.25) is 0 Å². The minimum atomic E-state index is 0. The van der Waals surface area contributed by atoms with Crippen LogP contribution in [0.1, 0.15) is 7.43 Å². The molecule has 0 aromatic carbocycles. The van der Waals surface area contributed by atoms with Crippen molar-refractivity contribution in [2.24, 2.45) is 0 Å². The first-order chi connectivity index (χ1) is 0. The van der Waals surface area contributed by atoms with Gasteiger partial charge in [0.2, 0.25) is 0 Å². The molecule has 0 heterocycles. The second kappa shape index (κ2) is 111. The number of hydrogen-bond donors (Lipinski definition) is 1. The molecular formula is CH9CoNO. The molecule has 0 bridgehead atoms. The zero-order chi connectivity index (χ0) is 0. The summed E-state index contributed by atoms with van der Waals surface area (Å²) in [5.41, 5.74) is 0. The van der Waals surface area contributed by atoms with Crippen molar-refractivity contribution in [3.63, 3.8) is 0 Å². The number of rotatable bonds is 0. The number of hydrogen-bond acceptors (Lipinski definition) is 1. The Morgan fingerprint density at radius 1 is 1.00 bits per heavy atom. The summed E-state index contributed by atoms with van der Waals surface area (Å²) in [4.78, 5) is 0. The third-order valence-electron chi connectivity index (χ3n) is 0. The molecule has 0 spiro atoms. The van der Waals surface area contributed by atoms with Crippen LogP contribution in [0.4, 0.5) is 0 Å². The molecule has 0 amide bonds. The second-order valence-corrected chi connectivity index (χ2v) is 0. The second-order valence-electron chi connectivity index (χ2n) is 0. The molecule has 0 aromatic rings. The maximum atomic E-state index is 0. The van der Waals surface area contributed by atoms with E-state index in [1.165, 1.54) is 0 Å². The predicted octanol–water partition coefficient (Wildman–Crippen LogP) is -0.0291. The Hall–Kier alpha value is 0.426. The Bertz CT molecular complexity index is 8.00. The zero-order valence-electron chi connectivity index (χ0n) is 1.54. The summed E-state index contributed by atoms with van der Waals surface area (Å²) in [5.74, 6) is 0. The van der Waals surface area contributed by atoms with Gasteiger partial charge in [-0.15, -0.1) is 0 Å². The Kier molecular flexibility index (Phi) is 7920. The Labute approximate surface area is 36.7 Å². The SMILES string of the molecule is C.N.O.[Co]. The van der Waals surface area contributed by atoms with Gasteiger partial charge in [0, 0.05) is 16.8 Å². The summed E-state index contributed by atoms with van der Waals surface area (Å²) >= 11 is 0. The first kappa shape index (κ1) is 286. The van der Waals surface area contributed by atoms with Crippen molar-refractivity contribution in [3.8, 4) is 0 Å². The molecule has 0 aromatic heterocycles. The largest absolute Gasteiger partial charge is 0.412 e. The van der Waals surface area contributed by atoms with Gasteiger partial charge in [0.15, 0.2) is 0 Å². The van der Waals surface area contributed by atoms with E-state index in [0.717, 1.165) is 0 Å². The molecule has 0 rings (SSSR count). The van der Waals surface area contributed by atoms with Crippen molar-refractivity contribution in [2.75, 3.05) is 0 Å². The Morgan fingerprint density at radius 3 is 1.00 bits per heavy atom. The zero-order valence-corrected chi connectivity index (χ0v) is 2.58. The van der Waals surface area contributed by atoms with Crippen LogP contribution >= 0.6 is 0 Å². The van der Waals surface area contributed by atoms with E-state index in [-0.39, 0.29) is 35.8 Å². The summed E-state index contributed by atoms with van der Waals surface area (Å²) in [6, 6.07) is 0. The average Bonchev–Trinajstić information content (AvgIpc) is 0. The average molecular weight is 110 g/mol.